The topological polar surface area (TPSA) is 95.3 Å². The third kappa shape index (κ3) is 6.34. The number of anilines is 2. The van der Waals surface area contributed by atoms with Crippen LogP contribution in [0.25, 0.3) is 11.0 Å². The average Bonchev–Trinajstić information content (AvgIpc) is 2.79. The maximum absolute atomic E-state index is 11.9. The number of esters is 1. The Bertz CT molecular complexity index is 1110. The van der Waals surface area contributed by atoms with Crippen LogP contribution in [0, 0.1) is 0 Å². The van der Waals surface area contributed by atoms with Crippen molar-refractivity contribution in [3.8, 4) is 11.5 Å². The lowest BCUT2D eigenvalue weighted by atomic mass is 10.1. The lowest BCUT2D eigenvalue weighted by Gasteiger charge is -2.22. The zero-order valence-corrected chi connectivity index (χ0v) is 18.6. The zero-order chi connectivity index (χ0) is 23.5. The van der Waals surface area contributed by atoms with E-state index in [9.17, 15) is 14.4 Å². The number of fused-ring (bicyclic) bond motifs is 1. The van der Waals surface area contributed by atoms with E-state index >= 15 is 0 Å². The molecule has 0 saturated carbocycles. The summed E-state index contributed by atoms with van der Waals surface area (Å²) in [6.45, 7) is 4.58. The number of hydrogen-bond acceptors (Lipinski definition) is 8. The Labute approximate surface area is 186 Å². The van der Waals surface area contributed by atoms with Crippen molar-refractivity contribution in [1.29, 1.82) is 0 Å². The van der Waals surface area contributed by atoms with Crippen molar-refractivity contribution >= 4 is 34.8 Å². The van der Waals surface area contributed by atoms with E-state index in [2.05, 4.69) is 4.74 Å². The minimum Gasteiger partial charge on any atom is -0.493 e. The minimum atomic E-state index is -0.432. The van der Waals surface area contributed by atoms with E-state index in [0.717, 1.165) is 11.1 Å². The Morgan fingerprint density at radius 2 is 1.84 bits per heavy atom. The van der Waals surface area contributed by atoms with Gasteiger partial charge in [0.1, 0.15) is 5.58 Å². The highest BCUT2D eigenvalue weighted by Crippen LogP contribution is 2.36. The fraction of sp³-hybridized carbons (Fsp3) is 0.292. The Hall–Kier alpha value is -3.81. The number of benzene rings is 2. The average molecular weight is 441 g/mol. The van der Waals surface area contributed by atoms with Gasteiger partial charge in [-0.25, -0.2) is 4.79 Å². The maximum atomic E-state index is 11.9. The van der Waals surface area contributed by atoms with Crippen LogP contribution in [0.4, 0.5) is 11.4 Å². The molecular formula is C24H27NO7. The van der Waals surface area contributed by atoms with E-state index in [1.807, 2.05) is 43.1 Å². The SMILES string of the molecule is CCCC(=O)Oc1cc(N(C)c2cc(=O)oc3ccccc23)ccc1OC.CCOC=O. The quantitative estimate of drug-likeness (QED) is 0.219. The molecule has 0 bridgehead atoms. The van der Waals surface area contributed by atoms with E-state index < -0.39 is 5.63 Å². The van der Waals surface area contributed by atoms with Crippen LogP contribution in [-0.2, 0) is 14.3 Å². The molecule has 8 heteroatoms. The largest absolute Gasteiger partial charge is 0.493 e. The molecule has 0 aliphatic carbocycles. The second-order valence-electron chi connectivity index (χ2n) is 6.62. The summed E-state index contributed by atoms with van der Waals surface area (Å²) in [5, 5.41) is 0.806. The molecule has 0 amide bonds. The summed E-state index contributed by atoms with van der Waals surface area (Å²) < 4.78 is 20.1. The molecule has 2 aromatic carbocycles. The van der Waals surface area contributed by atoms with E-state index in [1.54, 1.807) is 25.1 Å². The van der Waals surface area contributed by atoms with Gasteiger partial charge in [0, 0.05) is 36.7 Å². The molecule has 8 nitrogen and oxygen atoms in total. The van der Waals surface area contributed by atoms with Gasteiger partial charge in [-0.2, -0.15) is 0 Å². The van der Waals surface area contributed by atoms with Crippen molar-refractivity contribution in [2.75, 3.05) is 25.7 Å². The standard InChI is InChI=1S/C21H21NO5.C3H6O2/c1-4-7-20(23)27-19-12-14(10-11-18(19)25-3)22(2)16-13-21(24)26-17-9-6-5-8-15(16)17;1-2-5-3-4/h5-6,8-13H,4,7H2,1-3H3;3H,2H2,1H3. The van der Waals surface area contributed by atoms with E-state index in [-0.39, 0.29) is 5.97 Å². The van der Waals surface area contributed by atoms with Crippen LogP contribution in [0.3, 0.4) is 0 Å². The number of methoxy groups -OCH3 is 1. The number of carbonyl (C=O) groups excluding carboxylic acids is 2. The second-order valence-corrected chi connectivity index (χ2v) is 6.62. The normalized spacial score (nSPS) is 10.0. The smallest absolute Gasteiger partial charge is 0.338 e. The van der Waals surface area contributed by atoms with Gasteiger partial charge >= 0.3 is 11.6 Å². The van der Waals surface area contributed by atoms with E-state index in [0.29, 0.717) is 48.7 Å². The monoisotopic (exact) mass is 441 g/mol. The van der Waals surface area contributed by atoms with Crippen LogP contribution >= 0.6 is 0 Å². The summed E-state index contributed by atoms with van der Waals surface area (Å²) in [5.41, 5.74) is 1.51. The van der Waals surface area contributed by atoms with Crippen LogP contribution in [0.15, 0.2) is 57.7 Å². The maximum Gasteiger partial charge on any atom is 0.338 e. The summed E-state index contributed by atoms with van der Waals surface area (Å²) in [6.07, 6.45) is 1.03. The van der Waals surface area contributed by atoms with Gasteiger partial charge in [-0.15, -0.1) is 0 Å². The lowest BCUT2D eigenvalue weighted by molar-refractivity contribution is -0.134. The molecule has 0 radical (unpaired) electrons. The fourth-order valence-electron chi connectivity index (χ4n) is 2.91. The third-order valence-corrected chi connectivity index (χ3v) is 4.44. The summed E-state index contributed by atoms with van der Waals surface area (Å²) in [4.78, 5) is 34.9. The summed E-state index contributed by atoms with van der Waals surface area (Å²) in [7, 11) is 3.35. The number of rotatable bonds is 8. The predicted molar refractivity (Wildman–Crippen MR) is 122 cm³/mol. The van der Waals surface area contributed by atoms with Gasteiger partial charge in [0.2, 0.25) is 0 Å². The van der Waals surface area contributed by atoms with Gasteiger partial charge in [-0.3, -0.25) is 9.59 Å². The van der Waals surface area contributed by atoms with Gasteiger partial charge in [0.25, 0.3) is 6.47 Å². The first-order valence-corrected chi connectivity index (χ1v) is 10.2. The molecule has 0 fully saturated rings. The molecule has 3 aromatic rings. The molecule has 0 saturated heterocycles. The number of carbonyl (C=O) groups is 2. The Morgan fingerprint density at radius 3 is 2.47 bits per heavy atom. The van der Waals surface area contributed by atoms with Crippen LogP contribution in [0.5, 0.6) is 11.5 Å². The first-order chi connectivity index (χ1) is 15.4. The first-order valence-electron chi connectivity index (χ1n) is 10.2. The van der Waals surface area contributed by atoms with E-state index in [1.165, 1.54) is 13.2 Å². The Morgan fingerprint density at radius 1 is 1.09 bits per heavy atom. The highest BCUT2D eigenvalue weighted by molar-refractivity contribution is 5.92. The molecule has 1 heterocycles. The first kappa shape index (κ1) is 24.5. The molecule has 1 aromatic heterocycles. The predicted octanol–water partition coefficient (Wildman–Crippen LogP) is 4.45. The number of para-hydroxylation sites is 1. The number of nitrogens with zero attached hydrogens (tertiary/aromatic N) is 1. The van der Waals surface area contributed by atoms with Crippen molar-refractivity contribution in [3.05, 3.63) is 59.0 Å². The molecule has 0 unspecified atom stereocenters. The lowest BCUT2D eigenvalue weighted by Crippen LogP contribution is -2.14. The van der Waals surface area contributed by atoms with Crippen LogP contribution < -0.4 is 20.0 Å². The molecule has 170 valence electrons. The highest BCUT2D eigenvalue weighted by atomic mass is 16.6. The van der Waals surface area contributed by atoms with Crippen molar-refractivity contribution in [1.82, 2.24) is 0 Å². The molecule has 0 spiro atoms. The molecule has 0 aliphatic rings. The zero-order valence-electron chi connectivity index (χ0n) is 18.6. The third-order valence-electron chi connectivity index (χ3n) is 4.44. The fourth-order valence-corrected chi connectivity index (χ4v) is 2.91. The Balaban J connectivity index is 0.000000654. The van der Waals surface area contributed by atoms with Crippen LogP contribution in [-0.4, -0.2) is 33.2 Å². The van der Waals surface area contributed by atoms with Gasteiger partial charge in [-0.1, -0.05) is 19.1 Å². The van der Waals surface area contributed by atoms with Crippen molar-refractivity contribution < 1.29 is 28.2 Å². The second kappa shape index (κ2) is 12.1. The molecule has 0 atom stereocenters. The Kier molecular flexibility index (Phi) is 9.28. The van der Waals surface area contributed by atoms with Crippen molar-refractivity contribution in [3.63, 3.8) is 0 Å². The molecule has 32 heavy (non-hydrogen) atoms. The van der Waals surface area contributed by atoms with Gasteiger partial charge in [-0.05, 0) is 37.6 Å². The highest BCUT2D eigenvalue weighted by Gasteiger charge is 2.15. The van der Waals surface area contributed by atoms with Gasteiger partial charge in [0.05, 0.1) is 19.4 Å². The molecule has 0 aliphatic heterocycles. The van der Waals surface area contributed by atoms with Crippen LogP contribution in [0.1, 0.15) is 26.7 Å². The van der Waals surface area contributed by atoms with Crippen molar-refractivity contribution in [2.24, 2.45) is 0 Å². The number of ether oxygens (including phenoxy) is 3. The summed E-state index contributed by atoms with van der Waals surface area (Å²) in [6, 6.07) is 14.0. The molecule has 3 rings (SSSR count). The number of hydrogen-bond donors (Lipinski definition) is 0. The van der Waals surface area contributed by atoms with Gasteiger partial charge in [0.15, 0.2) is 11.5 Å². The van der Waals surface area contributed by atoms with Crippen molar-refractivity contribution in [2.45, 2.75) is 26.7 Å². The molecule has 0 N–H and O–H groups in total. The van der Waals surface area contributed by atoms with Crippen LogP contribution in [0.2, 0.25) is 0 Å². The summed E-state index contributed by atoms with van der Waals surface area (Å²) >= 11 is 0. The molecular weight excluding hydrogens is 414 g/mol. The minimum absolute atomic E-state index is 0.318. The van der Waals surface area contributed by atoms with E-state index in [4.69, 9.17) is 13.9 Å². The summed E-state index contributed by atoms with van der Waals surface area (Å²) in [5.74, 6) is 0.489. The van der Waals surface area contributed by atoms with Gasteiger partial charge < -0.3 is 23.5 Å².